The van der Waals surface area contributed by atoms with Crippen molar-refractivity contribution < 1.29 is 13.6 Å². The molecular formula is C25H20ClF2N3O. The number of halogens is 3. The van der Waals surface area contributed by atoms with Crippen LogP contribution in [0, 0.1) is 18.6 Å². The molecule has 2 heterocycles. The van der Waals surface area contributed by atoms with E-state index in [0.717, 1.165) is 58.5 Å². The van der Waals surface area contributed by atoms with Crippen molar-refractivity contribution in [1.82, 2.24) is 14.9 Å². The lowest BCUT2D eigenvalue weighted by molar-refractivity contribution is 0.0745. The molecule has 0 saturated carbocycles. The number of carbonyl (C=O) groups excluding carboxylic acids is 1. The number of rotatable bonds is 2. The van der Waals surface area contributed by atoms with Gasteiger partial charge in [0.2, 0.25) is 0 Å². The van der Waals surface area contributed by atoms with Gasteiger partial charge in [0.05, 0.1) is 21.6 Å². The molecule has 4 aromatic rings. The number of carbonyl (C=O) groups is 1. The van der Waals surface area contributed by atoms with Crippen molar-refractivity contribution in [3.8, 4) is 11.1 Å². The SMILES string of the molecule is Cc1nc2ccc(-c3ccc4c(c3)CN(C(=O)c3cc(F)c(F)cc3Cl)CCC4)cc2[nH]1. The smallest absolute Gasteiger partial charge is 0.255 e. The first-order valence-electron chi connectivity index (χ1n) is 10.4. The zero-order chi connectivity index (χ0) is 22.4. The molecule has 0 bridgehead atoms. The average molecular weight is 452 g/mol. The van der Waals surface area contributed by atoms with Crippen molar-refractivity contribution in [2.75, 3.05) is 6.54 Å². The second-order valence-electron chi connectivity index (χ2n) is 8.11. The van der Waals surface area contributed by atoms with Crippen LogP contribution in [0.3, 0.4) is 0 Å². The summed E-state index contributed by atoms with van der Waals surface area (Å²) < 4.78 is 27.2. The van der Waals surface area contributed by atoms with Gasteiger partial charge in [-0.05, 0) is 72.4 Å². The fourth-order valence-corrected chi connectivity index (χ4v) is 4.52. The Hall–Kier alpha value is -3.25. The normalized spacial score (nSPS) is 13.8. The number of aromatic nitrogens is 2. The summed E-state index contributed by atoms with van der Waals surface area (Å²) in [5, 5.41) is -0.0877. The fraction of sp³-hybridized carbons (Fsp3) is 0.200. The summed E-state index contributed by atoms with van der Waals surface area (Å²) >= 11 is 6.05. The van der Waals surface area contributed by atoms with E-state index in [0.29, 0.717) is 13.1 Å². The van der Waals surface area contributed by atoms with Crippen LogP contribution in [-0.2, 0) is 13.0 Å². The number of hydrogen-bond donors (Lipinski definition) is 1. The van der Waals surface area contributed by atoms with Crippen LogP contribution in [0.5, 0.6) is 0 Å². The van der Waals surface area contributed by atoms with Gasteiger partial charge in [0.25, 0.3) is 5.91 Å². The van der Waals surface area contributed by atoms with Crippen LogP contribution < -0.4 is 0 Å². The number of nitrogens with zero attached hydrogens (tertiary/aromatic N) is 2. The predicted molar refractivity (Wildman–Crippen MR) is 121 cm³/mol. The van der Waals surface area contributed by atoms with Gasteiger partial charge in [0, 0.05) is 13.1 Å². The molecule has 0 fully saturated rings. The highest BCUT2D eigenvalue weighted by Gasteiger charge is 2.24. The van der Waals surface area contributed by atoms with Crippen molar-refractivity contribution in [2.24, 2.45) is 0 Å². The van der Waals surface area contributed by atoms with Crippen LogP contribution in [0.1, 0.15) is 33.7 Å². The number of hydrogen-bond acceptors (Lipinski definition) is 2. The zero-order valence-electron chi connectivity index (χ0n) is 17.4. The highest BCUT2D eigenvalue weighted by atomic mass is 35.5. The lowest BCUT2D eigenvalue weighted by Crippen LogP contribution is -2.31. The Bertz CT molecular complexity index is 1370. The van der Waals surface area contributed by atoms with E-state index in [4.69, 9.17) is 11.6 Å². The molecule has 0 atom stereocenters. The highest BCUT2D eigenvalue weighted by Crippen LogP contribution is 2.29. The van der Waals surface area contributed by atoms with Gasteiger partial charge in [-0.2, -0.15) is 0 Å². The van der Waals surface area contributed by atoms with Crippen molar-refractivity contribution in [1.29, 1.82) is 0 Å². The van der Waals surface area contributed by atoms with Gasteiger partial charge in [-0.3, -0.25) is 4.79 Å². The van der Waals surface area contributed by atoms with Crippen LogP contribution in [0.15, 0.2) is 48.5 Å². The molecule has 0 saturated heterocycles. The Morgan fingerprint density at radius 2 is 1.78 bits per heavy atom. The Kier molecular flexibility index (Phi) is 5.18. The van der Waals surface area contributed by atoms with Crippen molar-refractivity contribution in [3.63, 3.8) is 0 Å². The molecule has 1 aromatic heterocycles. The number of fused-ring (bicyclic) bond motifs is 2. The topological polar surface area (TPSA) is 49.0 Å². The molecule has 1 N–H and O–H groups in total. The molecule has 32 heavy (non-hydrogen) atoms. The fourth-order valence-electron chi connectivity index (χ4n) is 4.29. The molecule has 0 unspecified atom stereocenters. The average Bonchev–Trinajstić information content (AvgIpc) is 3.01. The van der Waals surface area contributed by atoms with Gasteiger partial charge >= 0.3 is 0 Å². The first-order valence-corrected chi connectivity index (χ1v) is 10.8. The van der Waals surface area contributed by atoms with Crippen LogP contribution in [0.4, 0.5) is 8.78 Å². The maximum Gasteiger partial charge on any atom is 0.255 e. The zero-order valence-corrected chi connectivity index (χ0v) is 18.1. The van der Waals surface area contributed by atoms with Crippen LogP contribution in [0.25, 0.3) is 22.2 Å². The number of nitrogens with one attached hydrogen (secondary N) is 1. The van der Waals surface area contributed by atoms with Crippen molar-refractivity contribution in [2.45, 2.75) is 26.3 Å². The maximum atomic E-state index is 13.7. The number of aryl methyl sites for hydroxylation is 2. The number of aromatic amines is 1. The molecule has 4 nitrogen and oxygen atoms in total. The van der Waals surface area contributed by atoms with Gasteiger partial charge in [-0.15, -0.1) is 0 Å². The third-order valence-electron chi connectivity index (χ3n) is 5.90. The van der Waals surface area contributed by atoms with Crippen LogP contribution in [-0.4, -0.2) is 27.3 Å². The summed E-state index contributed by atoms with van der Waals surface area (Å²) in [5.41, 5.74) is 6.17. The maximum absolute atomic E-state index is 13.7. The van der Waals surface area contributed by atoms with Gasteiger partial charge in [-0.1, -0.05) is 29.8 Å². The lowest BCUT2D eigenvalue weighted by Gasteiger charge is -2.22. The van der Waals surface area contributed by atoms with E-state index in [9.17, 15) is 13.6 Å². The molecule has 162 valence electrons. The molecule has 7 heteroatoms. The van der Waals surface area contributed by atoms with Crippen molar-refractivity contribution >= 4 is 28.5 Å². The molecule has 1 aliphatic rings. The van der Waals surface area contributed by atoms with Gasteiger partial charge in [-0.25, -0.2) is 13.8 Å². The van der Waals surface area contributed by atoms with Crippen molar-refractivity contribution in [3.05, 3.63) is 87.7 Å². The summed E-state index contributed by atoms with van der Waals surface area (Å²) in [6.45, 7) is 2.81. The first-order chi connectivity index (χ1) is 15.4. The quantitative estimate of drug-likeness (QED) is 0.377. The van der Waals surface area contributed by atoms with E-state index in [1.165, 1.54) is 5.56 Å². The number of amides is 1. The van der Waals surface area contributed by atoms with E-state index in [2.05, 4.69) is 34.2 Å². The minimum Gasteiger partial charge on any atom is -0.342 e. The van der Waals surface area contributed by atoms with Crippen LogP contribution >= 0.6 is 11.6 Å². The van der Waals surface area contributed by atoms with E-state index in [-0.39, 0.29) is 10.6 Å². The minimum atomic E-state index is -1.08. The first kappa shape index (κ1) is 20.6. The summed E-state index contributed by atoms with van der Waals surface area (Å²) in [7, 11) is 0. The second-order valence-corrected chi connectivity index (χ2v) is 8.52. The molecule has 3 aromatic carbocycles. The van der Waals surface area contributed by atoms with Gasteiger partial charge in [0.1, 0.15) is 5.82 Å². The monoisotopic (exact) mass is 451 g/mol. The predicted octanol–water partition coefficient (Wildman–Crippen LogP) is 6.06. The molecular weight excluding hydrogens is 432 g/mol. The molecule has 0 aliphatic carbocycles. The third-order valence-corrected chi connectivity index (χ3v) is 6.22. The van der Waals surface area contributed by atoms with E-state index < -0.39 is 17.5 Å². The number of benzene rings is 3. The van der Waals surface area contributed by atoms with Crippen LogP contribution in [0.2, 0.25) is 5.02 Å². The van der Waals surface area contributed by atoms with E-state index in [1.54, 1.807) is 4.90 Å². The number of imidazole rings is 1. The van der Waals surface area contributed by atoms with E-state index in [1.807, 2.05) is 19.1 Å². The Balaban J connectivity index is 1.48. The summed E-state index contributed by atoms with van der Waals surface area (Å²) in [6, 6.07) is 14.1. The van der Waals surface area contributed by atoms with Gasteiger partial charge < -0.3 is 9.88 Å². The molecule has 1 amide bonds. The second kappa shape index (κ2) is 8.02. The van der Waals surface area contributed by atoms with Gasteiger partial charge in [0.15, 0.2) is 11.6 Å². The molecule has 1 aliphatic heterocycles. The highest BCUT2D eigenvalue weighted by molar-refractivity contribution is 6.33. The Morgan fingerprint density at radius 3 is 2.62 bits per heavy atom. The number of H-pyrrole nitrogens is 1. The standard InChI is InChI=1S/C25H20ClF2N3O/c1-14-29-23-7-6-17(10-24(23)30-14)16-5-4-15-3-2-8-31(13-18(15)9-16)25(32)19-11-21(27)22(28)12-20(19)26/h4-7,9-12H,2-3,8,13H2,1H3,(H,29,30). The molecule has 5 rings (SSSR count). The summed E-state index contributed by atoms with van der Waals surface area (Å²) in [6.07, 6.45) is 1.61. The summed E-state index contributed by atoms with van der Waals surface area (Å²) in [4.78, 5) is 22.4. The third kappa shape index (κ3) is 3.75. The molecule has 0 radical (unpaired) electrons. The Morgan fingerprint density at radius 1 is 1.03 bits per heavy atom. The summed E-state index contributed by atoms with van der Waals surface area (Å²) in [5.74, 6) is -1.69. The van der Waals surface area contributed by atoms with E-state index >= 15 is 0 Å². The largest absolute Gasteiger partial charge is 0.342 e. The lowest BCUT2D eigenvalue weighted by atomic mass is 9.97. The molecule has 0 spiro atoms. The minimum absolute atomic E-state index is 0.0229. The Labute approximate surface area is 188 Å².